The topological polar surface area (TPSA) is 79.3 Å². The van der Waals surface area contributed by atoms with Gasteiger partial charge in [0, 0.05) is 0 Å². The van der Waals surface area contributed by atoms with Gasteiger partial charge in [-0.15, -0.1) is 0 Å². The van der Waals surface area contributed by atoms with Gasteiger partial charge in [0.15, 0.2) is 6.10 Å². The van der Waals surface area contributed by atoms with Crippen molar-refractivity contribution in [2.75, 3.05) is 16.6 Å². The highest BCUT2D eigenvalue weighted by Gasteiger charge is 2.60. The third-order valence-corrected chi connectivity index (χ3v) is 6.22. The van der Waals surface area contributed by atoms with Crippen molar-refractivity contribution in [1.82, 2.24) is 0 Å². The molecule has 7 nitrogen and oxygen atoms in total. The smallest absolute Gasteiger partial charge is 0.266 e. The average molecular weight is 459 g/mol. The first-order chi connectivity index (χ1) is 16.6. The molecule has 2 saturated heterocycles. The van der Waals surface area contributed by atoms with Crippen LogP contribution in [0.25, 0.3) is 0 Å². The fourth-order valence-electron chi connectivity index (χ4n) is 4.50. The van der Waals surface area contributed by atoms with Gasteiger partial charge in [-0.05, 0) is 60.5 Å². The second kappa shape index (κ2) is 9.19. The number of rotatable bonds is 7. The van der Waals surface area contributed by atoms with Crippen LogP contribution in [-0.4, -0.2) is 29.6 Å². The van der Waals surface area contributed by atoms with E-state index in [1.165, 1.54) is 4.90 Å². The van der Waals surface area contributed by atoms with E-state index in [1.54, 1.807) is 53.6 Å². The Morgan fingerprint density at radius 1 is 0.882 bits per heavy atom. The molecule has 0 spiro atoms. The lowest BCUT2D eigenvalue weighted by molar-refractivity contribution is -0.126. The molecule has 2 aliphatic rings. The highest BCUT2D eigenvalue weighted by Crippen LogP contribution is 2.47. The van der Waals surface area contributed by atoms with E-state index in [4.69, 9.17) is 9.57 Å². The highest BCUT2D eigenvalue weighted by atomic mass is 16.7. The number of ether oxygens (including phenoxy) is 1. The van der Waals surface area contributed by atoms with Crippen LogP contribution in [0, 0.1) is 5.92 Å². The number of para-hydroxylation sites is 1. The lowest BCUT2D eigenvalue weighted by Crippen LogP contribution is -2.37. The molecule has 7 heteroatoms. The molecule has 174 valence electrons. The zero-order valence-electron chi connectivity index (χ0n) is 18.8. The summed E-state index contributed by atoms with van der Waals surface area (Å²) in [4.78, 5) is 34.4. The monoisotopic (exact) mass is 458 g/mol. The number of amides is 2. The summed E-state index contributed by atoms with van der Waals surface area (Å²) in [7, 11) is 0. The summed E-state index contributed by atoms with van der Waals surface area (Å²) in [5.74, 6) is -0.604. The molecule has 2 aliphatic heterocycles. The van der Waals surface area contributed by atoms with Gasteiger partial charge in [-0.2, -0.15) is 0 Å². The summed E-state index contributed by atoms with van der Waals surface area (Å²) in [6.07, 6.45) is 1.06. The van der Waals surface area contributed by atoms with Crippen molar-refractivity contribution in [3.63, 3.8) is 0 Å². The molecule has 2 fully saturated rings. The number of hydrogen-bond acceptors (Lipinski definition) is 6. The molecular formula is C27H26N2O5. The molecule has 2 amide bonds. The first-order valence-corrected chi connectivity index (χ1v) is 11.5. The summed E-state index contributed by atoms with van der Waals surface area (Å²) in [5.41, 5.74) is 2.01. The van der Waals surface area contributed by atoms with Crippen LogP contribution in [0.4, 0.5) is 11.4 Å². The third kappa shape index (κ3) is 3.88. The number of anilines is 2. The van der Waals surface area contributed by atoms with Gasteiger partial charge in [0.2, 0.25) is 5.91 Å². The van der Waals surface area contributed by atoms with Gasteiger partial charge >= 0.3 is 0 Å². The lowest BCUT2D eigenvalue weighted by atomic mass is 9.90. The molecular weight excluding hydrogens is 432 g/mol. The molecule has 3 aromatic carbocycles. The molecule has 3 atom stereocenters. The van der Waals surface area contributed by atoms with E-state index in [9.17, 15) is 14.7 Å². The van der Waals surface area contributed by atoms with E-state index in [2.05, 4.69) is 6.92 Å². The van der Waals surface area contributed by atoms with E-state index in [0.717, 1.165) is 24.1 Å². The molecule has 34 heavy (non-hydrogen) atoms. The molecule has 3 aromatic rings. The number of phenols is 1. The maximum absolute atomic E-state index is 13.6. The Labute approximate surface area is 198 Å². The fraction of sp³-hybridized carbons (Fsp3) is 0.259. The van der Waals surface area contributed by atoms with Crippen LogP contribution in [0.2, 0.25) is 0 Å². The molecule has 0 unspecified atom stereocenters. The molecule has 0 radical (unpaired) electrons. The van der Waals surface area contributed by atoms with Crippen LogP contribution in [0.1, 0.15) is 31.4 Å². The van der Waals surface area contributed by atoms with Crippen molar-refractivity contribution in [3.05, 3.63) is 84.4 Å². The quantitative estimate of drug-likeness (QED) is 0.411. The maximum atomic E-state index is 13.6. The van der Waals surface area contributed by atoms with Crippen molar-refractivity contribution in [3.8, 4) is 11.5 Å². The largest absolute Gasteiger partial charge is 0.508 e. The van der Waals surface area contributed by atoms with Crippen molar-refractivity contribution in [2.45, 2.75) is 31.9 Å². The van der Waals surface area contributed by atoms with Crippen LogP contribution < -0.4 is 14.7 Å². The predicted molar refractivity (Wildman–Crippen MR) is 127 cm³/mol. The van der Waals surface area contributed by atoms with Gasteiger partial charge in [-0.25, -0.2) is 9.96 Å². The minimum absolute atomic E-state index is 0.127. The minimum atomic E-state index is -0.938. The first-order valence-electron chi connectivity index (χ1n) is 11.5. The number of fused-ring (bicyclic) bond motifs is 1. The van der Waals surface area contributed by atoms with E-state index >= 15 is 0 Å². The van der Waals surface area contributed by atoms with Gasteiger partial charge in [0.1, 0.15) is 17.4 Å². The number of unbranched alkanes of at least 4 members (excludes halogenated alkanes) is 1. The van der Waals surface area contributed by atoms with Crippen molar-refractivity contribution in [1.29, 1.82) is 0 Å². The number of hydrogen-bond donors (Lipinski definition) is 1. The Morgan fingerprint density at radius 2 is 1.59 bits per heavy atom. The molecule has 0 saturated carbocycles. The Hall–Kier alpha value is -3.84. The summed E-state index contributed by atoms with van der Waals surface area (Å²) in [6, 6.07) is 22.5. The first kappa shape index (κ1) is 22.0. The van der Waals surface area contributed by atoms with Gasteiger partial charge in [-0.3, -0.25) is 14.4 Å². The number of carbonyl (C=O) groups is 2. The Morgan fingerprint density at radius 3 is 2.26 bits per heavy atom. The van der Waals surface area contributed by atoms with Gasteiger partial charge in [-0.1, -0.05) is 43.7 Å². The van der Waals surface area contributed by atoms with Crippen molar-refractivity contribution < 1.29 is 24.3 Å². The fourth-order valence-corrected chi connectivity index (χ4v) is 4.50. The zero-order valence-corrected chi connectivity index (χ0v) is 18.8. The summed E-state index contributed by atoms with van der Waals surface area (Å²) in [5, 5.41) is 11.4. The van der Waals surface area contributed by atoms with Gasteiger partial charge in [0.25, 0.3) is 5.91 Å². The number of phenolic OH excluding ortho intramolecular Hbond substituents is 1. The molecule has 5 rings (SSSR count). The number of aromatic hydroxyl groups is 1. The SMILES string of the molecule is CCCCOc1ccc(N2C(=O)[C@@H]3[C@@H](ON(c4ccccc4)[C@H]3c3ccc(O)cc3)C2=O)cc1. The van der Waals surface area contributed by atoms with Crippen LogP contribution in [0.3, 0.4) is 0 Å². The van der Waals surface area contributed by atoms with Crippen LogP contribution in [-0.2, 0) is 14.4 Å². The highest BCUT2D eigenvalue weighted by molar-refractivity contribution is 6.23. The van der Waals surface area contributed by atoms with Gasteiger partial charge in [0.05, 0.1) is 24.0 Å². The van der Waals surface area contributed by atoms with E-state index in [1.807, 2.05) is 30.3 Å². The van der Waals surface area contributed by atoms with Crippen LogP contribution in [0.15, 0.2) is 78.9 Å². The minimum Gasteiger partial charge on any atom is -0.508 e. The van der Waals surface area contributed by atoms with Crippen molar-refractivity contribution in [2.24, 2.45) is 5.92 Å². The molecule has 0 aliphatic carbocycles. The second-order valence-electron chi connectivity index (χ2n) is 8.46. The molecule has 0 aromatic heterocycles. The number of nitrogens with zero attached hydrogens (tertiary/aromatic N) is 2. The van der Waals surface area contributed by atoms with Gasteiger partial charge < -0.3 is 9.84 Å². The number of hydroxylamine groups is 1. The predicted octanol–water partition coefficient (Wildman–Crippen LogP) is 4.62. The van der Waals surface area contributed by atoms with Crippen LogP contribution >= 0.6 is 0 Å². The molecule has 0 bridgehead atoms. The Bertz CT molecular complexity index is 1160. The summed E-state index contributed by atoms with van der Waals surface area (Å²) >= 11 is 0. The Balaban J connectivity index is 1.46. The van der Waals surface area contributed by atoms with Crippen LogP contribution in [0.5, 0.6) is 11.5 Å². The molecule has 1 N–H and O–H groups in total. The zero-order chi connectivity index (χ0) is 23.7. The maximum Gasteiger partial charge on any atom is 0.266 e. The average Bonchev–Trinajstić information content (AvgIpc) is 3.37. The number of benzene rings is 3. The van der Waals surface area contributed by atoms with E-state index in [-0.39, 0.29) is 11.7 Å². The van der Waals surface area contributed by atoms with E-state index in [0.29, 0.717) is 18.0 Å². The number of carbonyl (C=O) groups excluding carboxylic acids is 2. The standard InChI is InChI=1S/C27H26N2O5/c1-2-3-17-33-22-15-11-19(12-16-22)28-26(31)23-24(18-9-13-21(30)14-10-18)29(34-25(23)27(28)32)20-7-5-4-6-8-20/h4-16,23-25,30H,2-3,17H2,1H3/t23-,24-,25+/m0/s1. The summed E-state index contributed by atoms with van der Waals surface area (Å²) < 4.78 is 5.70. The van der Waals surface area contributed by atoms with E-state index < -0.39 is 24.0 Å². The Kier molecular flexibility index (Phi) is 5.94. The normalized spacial score (nSPS) is 21.7. The summed E-state index contributed by atoms with van der Waals surface area (Å²) in [6.45, 7) is 2.72. The third-order valence-electron chi connectivity index (χ3n) is 6.22. The second-order valence-corrected chi connectivity index (χ2v) is 8.46. The van der Waals surface area contributed by atoms with Crippen molar-refractivity contribution >= 4 is 23.2 Å². The molecule has 2 heterocycles. The lowest BCUT2D eigenvalue weighted by Gasteiger charge is -2.28. The number of imide groups is 1.